The molecule has 2 saturated heterocycles. The summed E-state index contributed by atoms with van der Waals surface area (Å²) in [5, 5.41) is 34.8. The topological polar surface area (TPSA) is 178 Å². The number of aliphatic hydroxyl groups is 3. The third kappa shape index (κ3) is 5.59. The molecule has 0 bridgehead atoms. The van der Waals surface area contributed by atoms with Crippen LogP contribution in [-0.2, 0) is 42.9 Å². The number of fused-ring (bicyclic) bond motifs is 1. The fourth-order valence-electron chi connectivity index (χ4n) is 7.40. The van der Waals surface area contributed by atoms with Crippen LogP contribution in [0.3, 0.4) is 0 Å². The van der Waals surface area contributed by atoms with Gasteiger partial charge < -0.3 is 39.0 Å². The van der Waals surface area contributed by atoms with Gasteiger partial charge in [0.25, 0.3) is 0 Å². The first kappa shape index (κ1) is 34.1. The Morgan fingerprint density at radius 3 is 2.16 bits per heavy atom. The highest BCUT2D eigenvalue weighted by Gasteiger charge is 2.88. The summed E-state index contributed by atoms with van der Waals surface area (Å²) >= 11 is 0. The van der Waals surface area contributed by atoms with E-state index in [4.69, 9.17) is 23.7 Å². The summed E-state index contributed by atoms with van der Waals surface area (Å²) in [6.07, 6.45) is 0.0187. The lowest BCUT2D eigenvalue weighted by Crippen LogP contribution is -2.68. The van der Waals surface area contributed by atoms with Gasteiger partial charge >= 0.3 is 23.9 Å². The lowest BCUT2D eigenvalue weighted by Gasteiger charge is -2.55. The van der Waals surface area contributed by atoms with Crippen molar-refractivity contribution in [1.82, 2.24) is 0 Å². The second-order valence-corrected chi connectivity index (χ2v) is 13.2. The van der Waals surface area contributed by atoms with Crippen molar-refractivity contribution in [3.63, 3.8) is 0 Å². The summed E-state index contributed by atoms with van der Waals surface area (Å²) in [7, 11) is 0. The number of unbranched alkanes of at least 4 members (excludes halogenated alkanes) is 4. The number of carbonyl (C=O) groups excluding carboxylic acids is 4. The Morgan fingerprint density at radius 2 is 1.57 bits per heavy atom. The van der Waals surface area contributed by atoms with Crippen LogP contribution in [0.15, 0.2) is 23.8 Å². The SMILES string of the molecule is CCCCCCCC(=O)O[C@@H]1[C@@H](O)/C(C)=C\[C@@H]2OC(=O)[C@]3(C)O[C@]23[C@H](OC(C)=O)[C@H]2[C@](C)(O)[C@H](O)C=C[C@]2(C)[C@H]1OC(C)=O. The van der Waals surface area contributed by atoms with E-state index in [1.807, 2.05) is 0 Å². The molecule has 1 spiro atoms. The van der Waals surface area contributed by atoms with E-state index in [0.717, 1.165) is 39.5 Å². The fraction of sp³-hybridized carbons (Fsp3) is 0.750. The fourth-order valence-corrected chi connectivity index (χ4v) is 7.40. The van der Waals surface area contributed by atoms with E-state index in [2.05, 4.69) is 6.92 Å². The van der Waals surface area contributed by atoms with Gasteiger partial charge in [-0.3, -0.25) is 14.4 Å². The number of epoxide rings is 1. The minimum Gasteiger partial charge on any atom is -0.459 e. The number of hydrogen-bond donors (Lipinski definition) is 3. The molecule has 2 aliphatic carbocycles. The smallest absolute Gasteiger partial charge is 0.342 e. The lowest BCUT2D eigenvalue weighted by molar-refractivity contribution is -0.229. The van der Waals surface area contributed by atoms with Crippen molar-refractivity contribution in [2.24, 2.45) is 11.3 Å². The summed E-state index contributed by atoms with van der Waals surface area (Å²) < 4.78 is 29.4. The Labute approximate surface area is 257 Å². The maximum atomic E-state index is 13.2. The summed E-state index contributed by atoms with van der Waals surface area (Å²) in [6, 6.07) is 0. The van der Waals surface area contributed by atoms with Crippen LogP contribution in [0.5, 0.6) is 0 Å². The first-order valence-electron chi connectivity index (χ1n) is 15.4. The number of carbonyl (C=O) groups is 4. The van der Waals surface area contributed by atoms with Crippen LogP contribution in [0.1, 0.15) is 87.0 Å². The largest absolute Gasteiger partial charge is 0.459 e. The Kier molecular flexibility index (Phi) is 9.44. The molecule has 246 valence electrons. The summed E-state index contributed by atoms with van der Waals surface area (Å²) in [5.74, 6) is -4.26. The maximum absolute atomic E-state index is 13.2. The van der Waals surface area contributed by atoms with Gasteiger partial charge in [-0.1, -0.05) is 51.7 Å². The van der Waals surface area contributed by atoms with Crippen LogP contribution < -0.4 is 0 Å². The molecule has 0 amide bonds. The Hall–Kier alpha value is -2.80. The molecule has 0 unspecified atom stereocenters. The van der Waals surface area contributed by atoms with Crippen molar-refractivity contribution < 1.29 is 58.2 Å². The van der Waals surface area contributed by atoms with E-state index in [1.165, 1.54) is 32.1 Å². The van der Waals surface area contributed by atoms with Crippen LogP contribution in [-0.4, -0.2) is 92.6 Å². The van der Waals surface area contributed by atoms with E-state index < -0.39 is 88.6 Å². The van der Waals surface area contributed by atoms with Gasteiger partial charge in [-0.15, -0.1) is 0 Å². The molecule has 11 atom stereocenters. The molecule has 0 aromatic carbocycles. The lowest BCUT2D eigenvalue weighted by atomic mass is 9.55. The van der Waals surface area contributed by atoms with Gasteiger partial charge in [-0.25, -0.2) is 4.79 Å². The zero-order valence-corrected chi connectivity index (χ0v) is 26.5. The molecular formula is C32H46O12. The zero-order chi connectivity index (χ0) is 32.8. The van der Waals surface area contributed by atoms with Crippen molar-refractivity contribution >= 4 is 23.9 Å². The molecule has 12 heteroatoms. The summed E-state index contributed by atoms with van der Waals surface area (Å²) in [4.78, 5) is 51.6. The van der Waals surface area contributed by atoms with Crippen LogP contribution >= 0.6 is 0 Å². The molecular weight excluding hydrogens is 576 g/mol. The van der Waals surface area contributed by atoms with Gasteiger partial charge in [0.2, 0.25) is 0 Å². The number of rotatable bonds is 9. The van der Waals surface area contributed by atoms with Gasteiger partial charge in [-0.2, -0.15) is 0 Å². The molecule has 0 radical (unpaired) electrons. The molecule has 0 aromatic rings. The van der Waals surface area contributed by atoms with Crippen molar-refractivity contribution in [3.05, 3.63) is 23.8 Å². The summed E-state index contributed by atoms with van der Waals surface area (Å²) in [5.41, 5.74) is -6.72. The second kappa shape index (κ2) is 12.2. The van der Waals surface area contributed by atoms with Gasteiger partial charge in [-0.05, 0) is 38.8 Å². The Balaban J connectivity index is 1.91. The highest BCUT2D eigenvalue weighted by Crippen LogP contribution is 2.65. The average Bonchev–Trinajstić information content (AvgIpc) is 3.52. The number of hydrogen-bond acceptors (Lipinski definition) is 12. The number of ether oxygens (including phenoxy) is 5. The highest BCUT2D eigenvalue weighted by molar-refractivity contribution is 5.89. The van der Waals surface area contributed by atoms with Crippen LogP contribution in [0, 0.1) is 11.3 Å². The monoisotopic (exact) mass is 622 g/mol. The zero-order valence-electron chi connectivity index (χ0n) is 26.5. The van der Waals surface area contributed by atoms with Crippen LogP contribution in [0.25, 0.3) is 0 Å². The van der Waals surface area contributed by atoms with Gasteiger partial charge in [0.05, 0.1) is 5.60 Å². The number of esters is 4. The Bertz CT molecular complexity index is 1220. The minimum absolute atomic E-state index is 0.0561. The molecule has 3 N–H and O–H groups in total. The molecule has 12 nitrogen and oxygen atoms in total. The molecule has 44 heavy (non-hydrogen) atoms. The van der Waals surface area contributed by atoms with Gasteiger partial charge in [0.1, 0.15) is 18.3 Å². The first-order valence-corrected chi connectivity index (χ1v) is 15.4. The quantitative estimate of drug-likeness (QED) is 0.112. The van der Waals surface area contributed by atoms with E-state index in [0.29, 0.717) is 6.42 Å². The molecule has 0 saturated carbocycles. The van der Waals surface area contributed by atoms with Crippen LogP contribution in [0.2, 0.25) is 0 Å². The molecule has 2 fully saturated rings. The maximum Gasteiger partial charge on any atom is 0.342 e. The third-order valence-corrected chi connectivity index (χ3v) is 9.83. The molecule has 2 heterocycles. The van der Waals surface area contributed by atoms with E-state index in [-0.39, 0.29) is 12.0 Å². The van der Waals surface area contributed by atoms with Crippen LogP contribution in [0.4, 0.5) is 0 Å². The average molecular weight is 623 g/mol. The molecule has 4 aliphatic rings. The standard InChI is InChI=1S/C32H46O12/c1-8-9-10-11-12-13-22(36)43-24-23(37)17(2)16-21-32(31(7,44-32)28(38)42-21)27(41-19(4)34)25-29(5,26(24)40-18(3)33)15-14-20(35)30(25,6)39/h14-16,20-21,23-27,35,37,39H,8-13H2,1-7H3/b17-16-/t20-,21+,23+,24-,25-,26+,27-,29+,30-,31+,32+/m1/s1. The van der Waals surface area contributed by atoms with Crippen molar-refractivity contribution in [2.45, 2.75) is 140 Å². The normalized spacial score (nSPS) is 43.7. The van der Waals surface area contributed by atoms with Gasteiger partial charge in [0.15, 0.2) is 29.5 Å². The van der Waals surface area contributed by atoms with E-state index >= 15 is 0 Å². The number of aliphatic hydroxyl groups excluding tert-OH is 2. The van der Waals surface area contributed by atoms with Gasteiger partial charge in [0, 0.05) is 31.6 Å². The Morgan fingerprint density at radius 1 is 0.955 bits per heavy atom. The first-order chi connectivity index (χ1) is 20.5. The third-order valence-electron chi connectivity index (χ3n) is 9.83. The van der Waals surface area contributed by atoms with Crippen molar-refractivity contribution in [1.29, 1.82) is 0 Å². The highest BCUT2D eigenvalue weighted by atomic mass is 16.7. The summed E-state index contributed by atoms with van der Waals surface area (Å²) in [6.45, 7) is 10.3. The molecule has 4 rings (SSSR count). The predicted molar refractivity (Wildman–Crippen MR) is 154 cm³/mol. The predicted octanol–water partition coefficient (Wildman–Crippen LogP) is 2.20. The van der Waals surface area contributed by atoms with E-state index in [9.17, 15) is 34.5 Å². The van der Waals surface area contributed by atoms with Crippen molar-refractivity contribution in [3.8, 4) is 0 Å². The molecule has 2 aliphatic heterocycles. The minimum atomic E-state index is -2.09. The molecule has 0 aromatic heterocycles. The van der Waals surface area contributed by atoms with E-state index in [1.54, 1.807) is 13.8 Å². The second-order valence-electron chi connectivity index (χ2n) is 13.2. The van der Waals surface area contributed by atoms with Crippen molar-refractivity contribution in [2.75, 3.05) is 0 Å².